The van der Waals surface area contributed by atoms with Crippen molar-refractivity contribution in [2.45, 2.75) is 11.8 Å². The van der Waals surface area contributed by atoms with Crippen LogP contribution in [0.25, 0.3) is 22.2 Å². The maximum atomic E-state index is 12.9. The molecule has 0 bridgehead atoms. The molecule has 1 amide bonds. The molecule has 0 saturated heterocycles. The van der Waals surface area contributed by atoms with E-state index in [-0.39, 0.29) is 11.9 Å². The van der Waals surface area contributed by atoms with Crippen molar-refractivity contribution in [3.63, 3.8) is 0 Å². The average molecular weight is 420 g/mol. The number of rotatable bonds is 5. The summed E-state index contributed by atoms with van der Waals surface area (Å²) in [6.07, 6.45) is 0. The highest BCUT2D eigenvalue weighted by Gasteiger charge is 2.15. The second-order valence-electron chi connectivity index (χ2n) is 6.31. The van der Waals surface area contributed by atoms with E-state index in [4.69, 9.17) is 11.6 Å². The third kappa shape index (κ3) is 4.26. The number of hydrogen-bond acceptors (Lipinski definition) is 4. The number of anilines is 1. The van der Waals surface area contributed by atoms with Crippen LogP contribution >= 0.6 is 23.4 Å². The Balaban J connectivity index is 1.77. The van der Waals surface area contributed by atoms with Gasteiger partial charge < -0.3 is 0 Å². The number of fused-ring (bicyclic) bond motifs is 1. The molecule has 29 heavy (non-hydrogen) atoms. The van der Waals surface area contributed by atoms with Crippen molar-refractivity contribution >= 4 is 46.1 Å². The fourth-order valence-corrected chi connectivity index (χ4v) is 4.05. The van der Waals surface area contributed by atoms with Crippen molar-refractivity contribution in [2.75, 3.05) is 11.1 Å². The largest absolute Gasteiger partial charge is 0.290 e. The third-order valence-electron chi connectivity index (χ3n) is 4.36. The van der Waals surface area contributed by atoms with E-state index in [2.05, 4.69) is 22.2 Å². The molecule has 4 rings (SSSR count). The summed E-state index contributed by atoms with van der Waals surface area (Å²) < 4.78 is 0. The first-order chi connectivity index (χ1) is 14.2. The summed E-state index contributed by atoms with van der Waals surface area (Å²) in [6.45, 7) is 2.06. The lowest BCUT2D eigenvalue weighted by atomic mass is 10.1. The quantitative estimate of drug-likeness (QED) is 0.385. The minimum Gasteiger partial charge on any atom is -0.290 e. The normalized spacial score (nSPS) is 10.8. The van der Waals surface area contributed by atoms with Crippen LogP contribution in [0, 0.1) is 0 Å². The molecule has 0 unspecified atom stereocenters. The summed E-state index contributed by atoms with van der Waals surface area (Å²) in [6, 6.07) is 22.8. The van der Waals surface area contributed by atoms with Gasteiger partial charge in [-0.1, -0.05) is 61.0 Å². The van der Waals surface area contributed by atoms with E-state index in [1.165, 1.54) is 0 Å². The number of hydrogen-bond donors (Lipinski definition) is 1. The van der Waals surface area contributed by atoms with Crippen LogP contribution in [0.2, 0.25) is 5.02 Å². The van der Waals surface area contributed by atoms with E-state index >= 15 is 0 Å². The topological polar surface area (TPSA) is 54.9 Å². The van der Waals surface area contributed by atoms with Gasteiger partial charge in [-0.15, -0.1) is 11.8 Å². The van der Waals surface area contributed by atoms with Gasteiger partial charge in [0.15, 0.2) is 0 Å². The molecule has 1 aromatic heterocycles. The van der Waals surface area contributed by atoms with Crippen LogP contribution < -0.4 is 5.32 Å². The van der Waals surface area contributed by atoms with E-state index in [0.717, 1.165) is 32.8 Å². The van der Waals surface area contributed by atoms with Gasteiger partial charge >= 0.3 is 0 Å². The Hall–Kier alpha value is -2.89. The number of benzene rings is 3. The maximum absolute atomic E-state index is 12.9. The zero-order chi connectivity index (χ0) is 20.2. The minimum absolute atomic E-state index is 0.228. The molecular weight excluding hydrogens is 402 g/mol. The fraction of sp³-hybridized carbons (Fsp3) is 0.0870. The SMILES string of the molecule is CCSc1ccccc1C(=O)Nc1nc(-c2ccccc2)c2cc(Cl)ccc2n1. The maximum Gasteiger partial charge on any atom is 0.259 e. The van der Waals surface area contributed by atoms with Crippen LogP contribution in [0.5, 0.6) is 0 Å². The van der Waals surface area contributed by atoms with Crippen molar-refractivity contribution in [3.05, 3.63) is 83.4 Å². The average Bonchev–Trinajstić information content (AvgIpc) is 2.74. The first kappa shape index (κ1) is 19.4. The zero-order valence-corrected chi connectivity index (χ0v) is 17.3. The van der Waals surface area contributed by atoms with Crippen molar-refractivity contribution in [1.29, 1.82) is 0 Å². The summed E-state index contributed by atoms with van der Waals surface area (Å²) >= 11 is 7.83. The van der Waals surface area contributed by atoms with Crippen LogP contribution in [0.1, 0.15) is 17.3 Å². The first-order valence-electron chi connectivity index (χ1n) is 9.21. The lowest BCUT2D eigenvalue weighted by molar-refractivity contribution is 0.102. The summed E-state index contributed by atoms with van der Waals surface area (Å²) in [4.78, 5) is 23.0. The highest BCUT2D eigenvalue weighted by atomic mass is 35.5. The van der Waals surface area contributed by atoms with Gasteiger partial charge in [0.05, 0.1) is 16.8 Å². The number of nitrogens with one attached hydrogen (secondary N) is 1. The monoisotopic (exact) mass is 419 g/mol. The molecule has 4 aromatic rings. The number of nitrogens with zero attached hydrogens (tertiary/aromatic N) is 2. The van der Waals surface area contributed by atoms with E-state index in [0.29, 0.717) is 10.6 Å². The predicted molar refractivity (Wildman–Crippen MR) is 121 cm³/mol. The molecule has 0 aliphatic carbocycles. The summed E-state index contributed by atoms with van der Waals surface area (Å²) in [5.74, 6) is 0.921. The van der Waals surface area contributed by atoms with Gasteiger partial charge in [-0.2, -0.15) is 0 Å². The third-order valence-corrected chi connectivity index (χ3v) is 5.55. The lowest BCUT2D eigenvalue weighted by Gasteiger charge is -2.11. The molecule has 0 aliphatic heterocycles. The molecule has 0 fully saturated rings. The molecule has 1 heterocycles. The number of carbonyl (C=O) groups is 1. The van der Waals surface area contributed by atoms with Gasteiger partial charge in [-0.05, 0) is 36.1 Å². The Morgan fingerprint density at radius 3 is 2.55 bits per heavy atom. The number of aromatic nitrogens is 2. The van der Waals surface area contributed by atoms with E-state index in [1.54, 1.807) is 17.8 Å². The Bertz CT molecular complexity index is 1180. The van der Waals surface area contributed by atoms with Gasteiger partial charge in [0.1, 0.15) is 0 Å². The molecule has 0 saturated carbocycles. The van der Waals surface area contributed by atoms with Crippen LogP contribution in [-0.2, 0) is 0 Å². The van der Waals surface area contributed by atoms with Crippen LogP contribution in [0.4, 0.5) is 5.95 Å². The second-order valence-corrected chi connectivity index (χ2v) is 8.05. The van der Waals surface area contributed by atoms with Gasteiger partial charge in [-0.25, -0.2) is 9.97 Å². The van der Waals surface area contributed by atoms with Gasteiger partial charge in [0.25, 0.3) is 5.91 Å². The molecule has 6 heteroatoms. The van der Waals surface area contributed by atoms with Crippen LogP contribution in [-0.4, -0.2) is 21.6 Å². The summed E-state index contributed by atoms with van der Waals surface area (Å²) in [5.41, 5.74) is 2.99. The Morgan fingerprint density at radius 2 is 1.76 bits per heavy atom. The van der Waals surface area contributed by atoms with Crippen LogP contribution in [0.15, 0.2) is 77.7 Å². The molecule has 4 nitrogen and oxygen atoms in total. The van der Waals surface area contributed by atoms with Crippen molar-refractivity contribution in [1.82, 2.24) is 9.97 Å². The van der Waals surface area contributed by atoms with Crippen LogP contribution in [0.3, 0.4) is 0 Å². The van der Waals surface area contributed by atoms with Crippen molar-refractivity contribution < 1.29 is 4.79 Å². The van der Waals surface area contributed by atoms with Gasteiger partial charge in [0.2, 0.25) is 5.95 Å². The van der Waals surface area contributed by atoms with Gasteiger partial charge in [0, 0.05) is 20.9 Å². The Labute approximate surface area is 178 Å². The highest BCUT2D eigenvalue weighted by molar-refractivity contribution is 7.99. The van der Waals surface area contributed by atoms with Crippen molar-refractivity contribution in [3.8, 4) is 11.3 Å². The highest BCUT2D eigenvalue weighted by Crippen LogP contribution is 2.30. The Kier molecular flexibility index (Phi) is 5.79. The number of amides is 1. The molecule has 0 aliphatic rings. The molecule has 1 N–H and O–H groups in total. The summed E-state index contributed by atoms with van der Waals surface area (Å²) in [7, 11) is 0. The molecular formula is C23H18ClN3OS. The second kappa shape index (κ2) is 8.64. The standard InChI is InChI=1S/C23H18ClN3OS/c1-2-29-20-11-7-6-10-17(20)22(28)27-23-25-19-13-12-16(24)14-18(19)21(26-23)15-8-4-3-5-9-15/h3-14H,2H2,1H3,(H,25,26,27,28). The van der Waals surface area contributed by atoms with Crippen molar-refractivity contribution in [2.24, 2.45) is 0 Å². The molecule has 0 radical (unpaired) electrons. The molecule has 3 aromatic carbocycles. The zero-order valence-electron chi connectivity index (χ0n) is 15.7. The Morgan fingerprint density at radius 1 is 1.00 bits per heavy atom. The number of carbonyl (C=O) groups excluding carboxylic acids is 1. The van der Waals surface area contributed by atoms with E-state index in [9.17, 15) is 4.79 Å². The van der Waals surface area contributed by atoms with E-state index < -0.39 is 0 Å². The smallest absolute Gasteiger partial charge is 0.259 e. The van der Waals surface area contributed by atoms with E-state index in [1.807, 2.05) is 66.7 Å². The lowest BCUT2D eigenvalue weighted by Crippen LogP contribution is -2.15. The predicted octanol–water partition coefficient (Wildman–Crippen LogP) is 6.31. The fourth-order valence-electron chi connectivity index (χ4n) is 3.08. The molecule has 0 spiro atoms. The number of thioether (sulfide) groups is 1. The molecule has 0 atom stereocenters. The minimum atomic E-state index is -0.228. The first-order valence-corrected chi connectivity index (χ1v) is 10.6. The van der Waals surface area contributed by atoms with Gasteiger partial charge in [-0.3, -0.25) is 10.1 Å². The molecule has 144 valence electrons. The number of halogens is 1. The summed E-state index contributed by atoms with van der Waals surface area (Å²) in [5, 5.41) is 4.31.